The van der Waals surface area contributed by atoms with Gasteiger partial charge in [-0.05, 0) is 51.0 Å². The van der Waals surface area contributed by atoms with E-state index in [2.05, 4.69) is 15.2 Å². The van der Waals surface area contributed by atoms with Gasteiger partial charge >= 0.3 is 0 Å². The van der Waals surface area contributed by atoms with Crippen molar-refractivity contribution in [2.24, 2.45) is 0 Å². The first-order chi connectivity index (χ1) is 13.2. The molecule has 0 unspecified atom stereocenters. The Morgan fingerprint density at radius 3 is 2.57 bits per heavy atom. The average Bonchev–Trinajstić information content (AvgIpc) is 2.70. The van der Waals surface area contributed by atoms with Crippen molar-refractivity contribution >= 4 is 45.6 Å². The summed E-state index contributed by atoms with van der Waals surface area (Å²) in [5.74, 6) is 0. The van der Waals surface area contributed by atoms with Crippen molar-refractivity contribution in [1.29, 1.82) is 0 Å². The van der Waals surface area contributed by atoms with Gasteiger partial charge in [0.1, 0.15) is 5.39 Å². The molecule has 3 aromatic rings. The van der Waals surface area contributed by atoms with Crippen LogP contribution in [-0.2, 0) is 0 Å². The molecule has 0 aliphatic carbocycles. The molecule has 0 spiro atoms. The van der Waals surface area contributed by atoms with Gasteiger partial charge in [0, 0.05) is 18.0 Å². The van der Waals surface area contributed by atoms with E-state index < -0.39 is 0 Å². The molecule has 0 amide bonds. The van der Waals surface area contributed by atoms with Crippen molar-refractivity contribution < 1.29 is 4.92 Å². The van der Waals surface area contributed by atoms with Gasteiger partial charge in [-0.2, -0.15) is 0 Å². The summed E-state index contributed by atoms with van der Waals surface area (Å²) in [5.41, 5.74) is 2.43. The molecule has 7 heteroatoms. The van der Waals surface area contributed by atoms with E-state index in [1.807, 2.05) is 30.3 Å². The van der Waals surface area contributed by atoms with Crippen molar-refractivity contribution in [2.75, 3.05) is 31.5 Å². The number of non-ortho nitro benzene ring substituents is 1. The monoisotopic (exact) mass is 400 g/mol. The van der Waals surface area contributed by atoms with Crippen LogP contribution in [0.15, 0.2) is 42.5 Å². The van der Waals surface area contributed by atoms with Crippen LogP contribution in [0, 0.1) is 10.1 Å². The fourth-order valence-corrected chi connectivity index (χ4v) is 3.96. The number of rotatable bonds is 6. The molecule has 0 saturated carbocycles. The molecule has 28 heavy (non-hydrogen) atoms. The van der Waals surface area contributed by atoms with Crippen molar-refractivity contribution in [3.8, 4) is 0 Å². The molecule has 1 fully saturated rings. The number of piperidine rings is 1. The Morgan fingerprint density at radius 2 is 1.79 bits per heavy atom. The van der Waals surface area contributed by atoms with E-state index >= 15 is 0 Å². The Hall–Kier alpha value is -2.44. The molecule has 0 bridgehead atoms. The van der Waals surface area contributed by atoms with Gasteiger partial charge in [-0.3, -0.25) is 10.1 Å². The van der Waals surface area contributed by atoms with Crippen LogP contribution in [0.3, 0.4) is 0 Å². The number of aromatic nitrogens is 1. The lowest BCUT2D eigenvalue weighted by atomic mass is 10.1. The van der Waals surface area contributed by atoms with E-state index in [0.717, 1.165) is 36.1 Å². The number of nitro benzene ring substituents is 1. The maximum Gasteiger partial charge on any atom is 0.280 e. The summed E-state index contributed by atoms with van der Waals surface area (Å²) in [4.78, 5) is 18.4. The number of hydrogen-bond acceptors (Lipinski definition) is 5. The minimum atomic E-state index is -0.322. The lowest BCUT2D eigenvalue weighted by Crippen LogP contribution is -2.31. The third-order valence-corrected chi connectivity index (χ3v) is 5.28. The summed E-state index contributed by atoms with van der Waals surface area (Å²) in [5, 5.41) is 16.6. The molecule has 4 rings (SSSR count). The summed E-state index contributed by atoms with van der Waals surface area (Å²) in [6.07, 6.45) is 4.94. The molecule has 1 aromatic heterocycles. The number of fused-ring (bicyclic) bond motifs is 2. The first-order valence-electron chi connectivity index (χ1n) is 9.66. The predicted molar refractivity (Wildman–Crippen MR) is 117 cm³/mol. The number of hydrogen-bond donors (Lipinski definition) is 1. The lowest BCUT2D eigenvalue weighted by Gasteiger charge is -2.26. The summed E-state index contributed by atoms with van der Waals surface area (Å²) < 4.78 is 0. The van der Waals surface area contributed by atoms with Crippen LogP contribution < -0.4 is 5.32 Å². The summed E-state index contributed by atoms with van der Waals surface area (Å²) >= 11 is 0. The van der Waals surface area contributed by atoms with E-state index in [-0.39, 0.29) is 23.0 Å². The zero-order valence-electron chi connectivity index (χ0n) is 15.8. The molecule has 0 atom stereocenters. The highest BCUT2D eigenvalue weighted by Crippen LogP contribution is 2.36. The number of para-hydroxylation sites is 1. The van der Waals surface area contributed by atoms with E-state index in [1.54, 1.807) is 12.1 Å². The standard InChI is InChI=1S/C21H24N4O2.ClH/c26-25(27)19-11-6-10-18-20(19)21(16-8-2-3-9-17(16)23-18)22-12-7-15-24-13-4-1-5-14-24;/h2-3,6,8-11H,1,4-5,7,12-15H2,(H,22,23);1H. The van der Waals surface area contributed by atoms with Crippen molar-refractivity contribution in [3.05, 3.63) is 52.6 Å². The Bertz CT molecular complexity index is 973. The smallest absolute Gasteiger partial charge is 0.280 e. The van der Waals surface area contributed by atoms with Crippen LogP contribution >= 0.6 is 12.4 Å². The zero-order valence-corrected chi connectivity index (χ0v) is 16.6. The van der Waals surface area contributed by atoms with Gasteiger partial charge in [0.15, 0.2) is 0 Å². The van der Waals surface area contributed by atoms with Crippen LogP contribution in [0.25, 0.3) is 21.8 Å². The summed E-state index contributed by atoms with van der Waals surface area (Å²) in [6, 6.07) is 12.9. The molecular formula is C21H25ClN4O2. The van der Waals surface area contributed by atoms with Gasteiger partial charge in [0.25, 0.3) is 5.69 Å². The highest BCUT2D eigenvalue weighted by Gasteiger charge is 2.19. The minimum Gasteiger partial charge on any atom is -0.384 e. The Kier molecular flexibility index (Phi) is 6.65. The molecule has 1 saturated heterocycles. The number of pyridine rings is 1. The first kappa shape index (κ1) is 20.3. The maximum atomic E-state index is 11.6. The number of anilines is 1. The molecule has 1 N–H and O–H groups in total. The second-order valence-corrected chi connectivity index (χ2v) is 7.11. The number of halogens is 1. The highest BCUT2D eigenvalue weighted by atomic mass is 35.5. The number of nitrogens with zero attached hydrogens (tertiary/aromatic N) is 3. The molecule has 2 aromatic carbocycles. The van der Waals surface area contributed by atoms with Crippen molar-refractivity contribution in [1.82, 2.24) is 9.88 Å². The van der Waals surface area contributed by atoms with Crippen molar-refractivity contribution in [3.63, 3.8) is 0 Å². The normalized spacial score (nSPS) is 14.7. The maximum absolute atomic E-state index is 11.6. The fraction of sp³-hybridized carbons (Fsp3) is 0.381. The van der Waals surface area contributed by atoms with Crippen LogP contribution in [0.2, 0.25) is 0 Å². The Balaban J connectivity index is 0.00000225. The third kappa shape index (κ3) is 4.18. The van der Waals surface area contributed by atoms with Gasteiger partial charge in [-0.15, -0.1) is 12.4 Å². The van der Waals surface area contributed by atoms with Crippen LogP contribution in [0.1, 0.15) is 25.7 Å². The van der Waals surface area contributed by atoms with Gasteiger partial charge in [0.2, 0.25) is 0 Å². The molecule has 1 aliphatic rings. The van der Waals surface area contributed by atoms with E-state index in [4.69, 9.17) is 0 Å². The molecule has 6 nitrogen and oxygen atoms in total. The Labute approximate surface area is 170 Å². The topological polar surface area (TPSA) is 71.3 Å². The van der Waals surface area contributed by atoms with E-state index in [1.165, 1.54) is 32.4 Å². The predicted octanol–water partition coefficient (Wildman–Crippen LogP) is 5.01. The van der Waals surface area contributed by atoms with Crippen LogP contribution in [0.4, 0.5) is 11.4 Å². The molecule has 0 radical (unpaired) electrons. The molecular weight excluding hydrogens is 376 g/mol. The quantitative estimate of drug-likeness (QED) is 0.272. The summed E-state index contributed by atoms with van der Waals surface area (Å²) in [7, 11) is 0. The Morgan fingerprint density at radius 1 is 1.04 bits per heavy atom. The second-order valence-electron chi connectivity index (χ2n) is 7.11. The third-order valence-electron chi connectivity index (χ3n) is 5.28. The minimum absolute atomic E-state index is 0. The average molecular weight is 401 g/mol. The molecule has 2 heterocycles. The largest absolute Gasteiger partial charge is 0.384 e. The second kappa shape index (κ2) is 9.17. The van der Waals surface area contributed by atoms with Crippen molar-refractivity contribution in [2.45, 2.75) is 25.7 Å². The van der Waals surface area contributed by atoms with Crippen LogP contribution in [0.5, 0.6) is 0 Å². The molecule has 148 valence electrons. The zero-order chi connectivity index (χ0) is 18.6. The first-order valence-corrected chi connectivity index (χ1v) is 9.66. The van der Waals surface area contributed by atoms with Gasteiger partial charge in [-0.25, -0.2) is 4.98 Å². The SMILES string of the molecule is Cl.O=[N+]([O-])c1cccc2nc3ccccc3c(NCCCN3CCCCC3)c12. The number of benzene rings is 2. The summed E-state index contributed by atoms with van der Waals surface area (Å²) in [6.45, 7) is 4.22. The number of nitrogens with one attached hydrogen (secondary N) is 1. The lowest BCUT2D eigenvalue weighted by molar-refractivity contribution is -0.383. The van der Waals surface area contributed by atoms with Gasteiger partial charge in [-0.1, -0.05) is 30.7 Å². The van der Waals surface area contributed by atoms with Crippen LogP contribution in [-0.4, -0.2) is 41.0 Å². The molecule has 1 aliphatic heterocycles. The fourth-order valence-electron chi connectivity index (χ4n) is 3.96. The number of nitro groups is 1. The van der Waals surface area contributed by atoms with E-state index in [0.29, 0.717) is 10.9 Å². The highest BCUT2D eigenvalue weighted by molar-refractivity contribution is 6.11. The van der Waals surface area contributed by atoms with E-state index in [9.17, 15) is 10.1 Å². The van der Waals surface area contributed by atoms with Gasteiger partial charge < -0.3 is 10.2 Å². The number of likely N-dealkylation sites (tertiary alicyclic amines) is 1. The van der Waals surface area contributed by atoms with Gasteiger partial charge in [0.05, 0.1) is 21.6 Å².